The number of hydrogen-bond donors (Lipinski definition) is 1. The van der Waals surface area contributed by atoms with E-state index in [0.29, 0.717) is 58.9 Å². The Morgan fingerprint density at radius 3 is 2.93 bits per heavy atom. The van der Waals surface area contributed by atoms with Gasteiger partial charge in [0.05, 0.1) is 23.9 Å². The topological polar surface area (TPSA) is 97.6 Å². The summed E-state index contributed by atoms with van der Waals surface area (Å²) in [5, 5.41) is 7.79. The van der Waals surface area contributed by atoms with Crippen molar-refractivity contribution in [2.24, 2.45) is 0 Å². The maximum absolute atomic E-state index is 13.0. The summed E-state index contributed by atoms with van der Waals surface area (Å²) in [6.07, 6.45) is 0.268. The lowest BCUT2D eigenvalue weighted by molar-refractivity contribution is 0.102. The van der Waals surface area contributed by atoms with E-state index in [2.05, 4.69) is 15.5 Å². The first kappa shape index (κ1) is 20.4. The molecule has 8 nitrogen and oxygen atoms in total. The highest BCUT2D eigenvalue weighted by Crippen LogP contribution is 2.33. The van der Waals surface area contributed by atoms with Crippen LogP contribution in [0.1, 0.15) is 33.6 Å². The lowest BCUT2D eigenvalue weighted by Crippen LogP contribution is -2.35. The summed E-state index contributed by atoms with van der Waals surface area (Å²) in [6.45, 7) is 4.73. The molecule has 0 saturated heterocycles. The van der Waals surface area contributed by atoms with Gasteiger partial charge in [-0.25, -0.2) is 9.78 Å². The molecule has 10 heteroatoms. The van der Waals surface area contributed by atoms with Gasteiger partial charge in [0.15, 0.2) is 5.13 Å². The zero-order valence-corrected chi connectivity index (χ0v) is 18.0. The molecule has 0 unspecified atom stereocenters. The second-order valence-corrected chi connectivity index (χ2v) is 8.15. The largest absolute Gasteiger partial charge is 0.450 e. The predicted octanol–water partition coefficient (Wildman–Crippen LogP) is 4.53. The second kappa shape index (κ2) is 8.45. The van der Waals surface area contributed by atoms with Crippen molar-refractivity contribution in [3.05, 3.63) is 51.2 Å². The number of carbonyl (C=O) groups excluding carboxylic acids is 2. The van der Waals surface area contributed by atoms with E-state index >= 15 is 0 Å². The number of thiazole rings is 1. The van der Waals surface area contributed by atoms with Crippen LogP contribution in [0.2, 0.25) is 5.02 Å². The summed E-state index contributed by atoms with van der Waals surface area (Å²) in [6, 6.07) is 7.13. The minimum Gasteiger partial charge on any atom is -0.450 e. The number of anilines is 1. The van der Waals surface area contributed by atoms with Crippen LogP contribution in [0.25, 0.3) is 11.3 Å². The van der Waals surface area contributed by atoms with Gasteiger partial charge in [0.25, 0.3) is 5.91 Å². The molecule has 0 aliphatic carbocycles. The number of aryl methyl sites for hydroxylation is 1. The summed E-state index contributed by atoms with van der Waals surface area (Å²) in [5.41, 5.74) is 2.18. The first-order valence-corrected chi connectivity index (χ1v) is 10.6. The van der Waals surface area contributed by atoms with Gasteiger partial charge < -0.3 is 14.2 Å². The number of benzene rings is 1. The van der Waals surface area contributed by atoms with Crippen LogP contribution in [0, 0.1) is 6.92 Å². The molecule has 4 rings (SSSR count). The van der Waals surface area contributed by atoms with Crippen LogP contribution in [0.4, 0.5) is 9.93 Å². The summed E-state index contributed by atoms with van der Waals surface area (Å²) in [4.78, 5) is 32.1. The van der Waals surface area contributed by atoms with Crippen LogP contribution < -0.4 is 5.32 Å². The molecule has 0 spiro atoms. The fraction of sp³-hybridized carbons (Fsp3) is 0.300. The number of carbonyl (C=O) groups is 2. The molecule has 156 valence electrons. The third-order valence-corrected chi connectivity index (χ3v) is 6.02. The number of fused-ring (bicyclic) bond motifs is 1. The van der Waals surface area contributed by atoms with Crippen LogP contribution in [0.3, 0.4) is 0 Å². The molecular weight excluding hydrogens is 428 g/mol. The third-order valence-electron chi connectivity index (χ3n) is 4.70. The van der Waals surface area contributed by atoms with Crippen LogP contribution in [-0.2, 0) is 17.7 Å². The smallest absolute Gasteiger partial charge is 0.410 e. The Labute approximate surface area is 181 Å². The zero-order valence-electron chi connectivity index (χ0n) is 16.4. The minimum atomic E-state index is -0.378. The number of nitrogens with zero attached hydrogens (tertiary/aromatic N) is 3. The van der Waals surface area contributed by atoms with Crippen molar-refractivity contribution in [1.29, 1.82) is 0 Å². The minimum absolute atomic E-state index is 0.310. The van der Waals surface area contributed by atoms with Gasteiger partial charge in [-0.2, -0.15) is 0 Å². The van der Waals surface area contributed by atoms with Gasteiger partial charge in [0, 0.05) is 23.4 Å². The zero-order chi connectivity index (χ0) is 21.3. The standard InChI is InChI=1S/C20H19ClN4O4S/c1-3-28-20(27)25-9-8-14-15(10-25)30-19(22-14)23-18(26)16-11(2)29-24-17(16)12-6-4-5-7-13(12)21/h4-7H,3,8-10H2,1-2H3,(H,22,23,26). The molecule has 0 radical (unpaired) electrons. The first-order chi connectivity index (χ1) is 14.5. The van der Waals surface area contributed by atoms with Gasteiger partial charge in [-0.15, -0.1) is 0 Å². The fourth-order valence-electron chi connectivity index (χ4n) is 3.26. The Bertz CT molecular complexity index is 1110. The normalized spacial score (nSPS) is 13.1. The highest BCUT2D eigenvalue weighted by molar-refractivity contribution is 7.15. The number of halogens is 1. The van der Waals surface area contributed by atoms with Gasteiger partial charge in [-0.05, 0) is 19.9 Å². The van der Waals surface area contributed by atoms with Crippen molar-refractivity contribution in [1.82, 2.24) is 15.0 Å². The maximum Gasteiger partial charge on any atom is 0.410 e. The van der Waals surface area contributed by atoms with Crippen LogP contribution in [0.5, 0.6) is 0 Å². The van der Waals surface area contributed by atoms with E-state index in [1.165, 1.54) is 11.3 Å². The van der Waals surface area contributed by atoms with E-state index in [9.17, 15) is 9.59 Å². The van der Waals surface area contributed by atoms with Crippen molar-refractivity contribution >= 4 is 40.1 Å². The van der Waals surface area contributed by atoms with Crippen molar-refractivity contribution in [3.63, 3.8) is 0 Å². The van der Waals surface area contributed by atoms with Crippen LogP contribution >= 0.6 is 22.9 Å². The molecule has 2 amide bonds. The van der Waals surface area contributed by atoms with E-state index in [0.717, 1.165) is 10.6 Å². The molecular formula is C20H19ClN4O4S. The third kappa shape index (κ3) is 3.90. The number of rotatable bonds is 4. The van der Waals surface area contributed by atoms with Crippen molar-refractivity contribution in [2.45, 2.75) is 26.8 Å². The lowest BCUT2D eigenvalue weighted by atomic mass is 10.1. The van der Waals surface area contributed by atoms with Crippen LogP contribution in [-0.4, -0.2) is 40.2 Å². The monoisotopic (exact) mass is 446 g/mol. The molecule has 1 aliphatic rings. The predicted molar refractivity (Wildman–Crippen MR) is 113 cm³/mol. The Hall–Kier alpha value is -2.91. The molecule has 1 aromatic carbocycles. The molecule has 3 aromatic rings. The molecule has 30 heavy (non-hydrogen) atoms. The van der Waals surface area contributed by atoms with Crippen LogP contribution in [0.15, 0.2) is 28.8 Å². The Morgan fingerprint density at radius 1 is 1.37 bits per heavy atom. The maximum atomic E-state index is 13.0. The van der Waals surface area contributed by atoms with Gasteiger partial charge in [0.1, 0.15) is 17.0 Å². The quantitative estimate of drug-likeness (QED) is 0.632. The number of ether oxygens (including phenoxy) is 1. The average Bonchev–Trinajstić information content (AvgIpc) is 3.30. The highest BCUT2D eigenvalue weighted by atomic mass is 35.5. The average molecular weight is 447 g/mol. The summed E-state index contributed by atoms with van der Waals surface area (Å²) in [5.74, 6) is 0.00856. The molecule has 3 heterocycles. The molecule has 1 N–H and O–H groups in total. The van der Waals surface area contributed by atoms with E-state index in [4.69, 9.17) is 20.9 Å². The molecule has 0 bridgehead atoms. The summed E-state index contributed by atoms with van der Waals surface area (Å²) < 4.78 is 10.3. The molecule has 0 atom stereocenters. The lowest BCUT2D eigenvalue weighted by Gasteiger charge is -2.24. The molecule has 0 fully saturated rings. The SMILES string of the molecule is CCOC(=O)N1CCc2nc(NC(=O)c3c(-c4ccccc4Cl)noc3C)sc2C1. The summed E-state index contributed by atoms with van der Waals surface area (Å²) in [7, 11) is 0. The van der Waals surface area contributed by atoms with E-state index in [1.54, 1.807) is 36.9 Å². The molecule has 0 saturated carbocycles. The Kier molecular flexibility index (Phi) is 5.74. The van der Waals surface area contributed by atoms with Crippen molar-refractivity contribution < 1.29 is 18.8 Å². The second-order valence-electron chi connectivity index (χ2n) is 6.66. The fourth-order valence-corrected chi connectivity index (χ4v) is 4.50. The van der Waals surface area contributed by atoms with E-state index in [-0.39, 0.29) is 12.0 Å². The van der Waals surface area contributed by atoms with E-state index in [1.807, 2.05) is 6.07 Å². The van der Waals surface area contributed by atoms with Gasteiger partial charge >= 0.3 is 6.09 Å². The van der Waals surface area contributed by atoms with Gasteiger partial charge in [-0.1, -0.05) is 46.3 Å². The summed E-state index contributed by atoms with van der Waals surface area (Å²) >= 11 is 7.61. The number of hydrogen-bond acceptors (Lipinski definition) is 7. The Morgan fingerprint density at radius 2 is 2.17 bits per heavy atom. The van der Waals surface area contributed by atoms with Gasteiger partial charge in [0.2, 0.25) is 0 Å². The number of nitrogens with one attached hydrogen (secondary N) is 1. The van der Waals surface area contributed by atoms with E-state index < -0.39 is 0 Å². The molecule has 2 aromatic heterocycles. The highest BCUT2D eigenvalue weighted by Gasteiger charge is 2.27. The Balaban J connectivity index is 1.55. The van der Waals surface area contributed by atoms with Crippen molar-refractivity contribution in [2.75, 3.05) is 18.5 Å². The first-order valence-electron chi connectivity index (χ1n) is 9.40. The van der Waals surface area contributed by atoms with Crippen molar-refractivity contribution in [3.8, 4) is 11.3 Å². The van der Waals surface area contributed by atoms with Gasteiger partial charge in [-0.3, -0.25) is 10.1 Å². The number of amides is 2. The molecule has 1 aliphatic heterocycles. The number of aromatic nitrogens is 2.